The predicted octanol–water partition coefficient (Wildman–Crippen LogP) is 3.96. The summed E-state index contributed by atoms with van der Waals surface area (Å²) in [7, 11) is 3.09. The number of carbonyl (C=O) groups excluding carboxylic acids is 2. The summed E-state index contributed by atoms with van der Waals surface area (Å²) in [6.07, 6.45) is 0. The standard InChI is InChI=1S/C21H21ClN2O4/c1-12(2)24-20(25)18(13-5-8-15(27-3)9-6-13)19(21(24)26)23-16-11-14(22)7-10-17(16)28-4/h5-12,23H,1-4H3. The average Bonchev–Trinajstić information content (AvgIpc) is 2.92. The number of nitrogens with zero attached hydrogens (tertiary/aromatic N) is 1. The van der Waals surface area contributed by atoms with Crippen molar-refractivity contribution in [2.75, 3.05) is 19.5 Å². The van der Waals surface area contributed by atoms with Crippen molar-refractivity contribution < 1.29 is 19.1 Å². The van der Waals surface area contributed by atoms with Gasteiger partial charge in [0, 0.05) is 11.1 Å². The van der Waals surface area contributed by atoms with Gasteiger partial charge in [0.25, 0.3) is 11.8 Å². The lowest BCUT2D eigenvalue weighted by atomic mass is 10.0. The predicted molar refractivity (Wildman–Crippen MR) is 109 cm³/mol. The second-order valence-electron chi connectivity index (χ2n) is 6.52. The van der Waals surface area contributed by atoms with Crippen molar-refractivity contribution in [2.24, 2.45) is 0 Å². The van der Waals surface area contributed by atoms with Crippen molar-refractivity contribution in [1.82, 2.24) is 4.90 Å². The first-order valence-corrected chi connectivity index (χ1v) is 9.12. The maximum Gasteiger partial charge on any atom is 0.278 e. The highest BCUT2D eigenvalue weighted by atomic mass is 35.5. The Labute approximate surface area is 168 Å². The van der Waals surface area contributed by atoms with Gasteiger partial charge in [0.2, 0.25) is 0 Å². The van der Waals surface area contributed by atoms with Crippen LogP contribution in [0.1, 0.15) is 19.4 Å². The number of hydrogen-bond donors (Lipinski definition) is 1. The number of imide groups is 1. The van der Waals surface area contributed by atoms with Crippen LogP contribution in [-0.4, -0.2) is 37.0 Å². The average molecular weight is 401 g/mol. The lowest BCUT2D eigenvalue weighted by molar-refractivity contribution is -0.138. The molecular weight excluding hydrogens is 380 g/mol. The van der Waals surface area contributed by atoms with Crippen molar-refractivity contribution in [3.63, 3.8) is 0 Å². The van der Waals surface area contributed by atoms with Crippen molar-refractivity contribution in [1.29, 1.82) is 0 Å². The zero-order valence-corrected chi connectivity index (χ0v) is 16.8. The Morgan fingerprint density at radius 2 is 1.64 bits per heavy atom. The molecule has 28 heavy (non-hydrogen) atoms. The molecule has 1 aliphatic heterocycles. The van der Waals surface area contributed by atoms with E-state index in [0.717, 1.165) is 0 Å². The van der Waals surface area contributed by atoms with Crippen LogP contribution < -0.4 is 14.8 Å². The van der Waals surface area contributed by atoms with Crippen LogP contribution >= 0.6 is 11.6 Å². The van der Waals surface area contributed by atoms with Crippen molar-refractivity contribution >= 4 is 34.7 Å². The summed E-state index contributed by atoms with van der Waals surface area (Å²) in [6.45, 7) is 3.59. The number of hydrogen-bond acceptors (Lipinski definition) is 5. The molecule has 146 valence electrons. The molecule has 0 fully saturated rings. The number of carbonyl (C=O) groups is 2. The minimum atomic E-state index is -0.396. The molecule has 0 unspecified atom stereocenters. The molecule has 7 heteroatoms. The number of ether oxygens (including phenoxy) is 2. The fourth-order valence-electron chi connectivity index (χ4n) is 3.07. The second-order valence-corrected chi connectivity index (χ2v) is 6.96. The topological polar surface area (TPSA) is 67.9 Å². The van der Waals surface area contributed by atoms with E-state index in [1.54, 1.807) is 63.4 Å². The number of amides is 2. The first-order chi connectivity index (χ1) is 13.4. The number of methoxy groups -OCH3 is 2. The molecule has 0 radical (unpaired) electrons. The van der Waals surface area contributed by atoms with E-state index in [1.165, 1.54) is 12.0 Å². The van der Waals surface area contributed by atoms with Gasteiger partial charge in [0.05, 0.1) is 25.5 Å². The Bertz CT molecular complexity index is 951. The second kappa shape index (κ2) is 7.94. The minimum Gasteiger partial charge on any atom is -0.497 e. The van der Waals surface area contributed by atoms with Gasteiger partial charge in [-0.15, -0.1) is 0 Å². The quantitative estimate of drug-likeness (QED) is 0.743. The molecule has 2 amide bonds. The molecule has 0 spiro atoms. The Morgan fingerprint density at radius 3 is 2.21 bits per heavy atom. The summed E-state index contributed by atoms with van der Waals surface area (Å²) in [5.74, 6) is 0.420. The summed E-state index contributed by atoms with van der Waals surface area (Å²) >= 11 is 6.10. The van der Waals surface area contributed by atoms with Crippen LogP contribution in [0.15, 0.2) is 48.2 Å². The highest BCUT2D eigenvalue weighted by Gasteiger charge is 2.40. The lowest BCUT2D eigenvalue weighted by Gasteiger charge is -2.19. The van der Waals surface area contributed by atoms with Crippen LogP contribution in [0.25, 0.3) is 5.57 Å². The number of anilines is 1. The van der Waals surface area contributed by atoms with Gasteiger partial charge >= 0.3 is 0 Å². The Morgan fingerprint density at radius 1 is 0.964 bits per heavy atom. The molecule has 2 aromatic carbocycles. The summed E-state index contributed by atoms with van der Waals surface area (Å²) in [4.78, 5) is 27.3. The van der Waals surface area contributed by atoms with E-state index in [9.17, 15) is 9.59 Å². The van der Waals surface area contributed by atoms with Gasteiger partial charge in [0.1, 0.15) is 17.2 Å². The monoisotopic (exact) mass is 400 g/mol. The smallest absolute Gasteiger partial charge is 0.278 e. The third-order valence-corrected chi connectivity index (χ3v) is 4.67. The molecule has 0 aliphatic carbocycles. The van der Waals surface area contributed by atoms with Crippen LogP contribution in [0.2, 0.25) is 5.02 Å². The SMILES string of the molecule is COc1ccc(C2=C(Nc3cc(Cl)ccc3OC)C(=O)N(C(C)C)C2=O)cc1. The summed E-state index contributed by atoms with van der Waals surface area (Å²) in [5, 5.41) is 3.55. The summed E-state index contributed by atoms with van der Waals surface area (Å²) in [5.41, 5.74) is 1.60. The third-order valence-electron chi connectivity index (χ3n) is 4.43. The van der Waals surface area contributed by atoms with Crippen molar-refractivity contribution in [3.8, 4) is 11.5 Å². The number of halogens is 1. The fourth-order valence-corrected chi connectivity index (χ4v) is 3.24. The molecule has 1 N–H and O–H groups in total. The molecule has 0 aromatic heterocycles. The van der Waals surface area contributed by atoms with Gasteiger partial charge in [0.15, 0.2) is 0 Å². The largest absolute Gasteiger partial charge is 0.497 e. The van der Waals surface area contributed by atoms with Gasteiger partial charge in [-0.05, 0) is 49.7 Å². The number of rotatable bonds is 6. The Hall–Kier alpha value is -2.99. The molecule has 1 heterocycles. The van der Waals surface area contributed by atoms with Crippen LogP contribution in [0, 0.1) is 0 Å². The van der Waals surface area contributed by atoms with E-state index < -0.39 is 5.91 Å². The zero-order valence-electron chi connectivity index (χ0n) is 16.1. The molecule has 0 saturated carbocycles. The molecule has 6 nitrogen and oxygen atoms in total. The van der Waals surface area contributed by atoms with Gasteiger partial charge in [-0.1, -0.05) is 23.7 Å². The van der Waals surface area contributed by atoms with Crippen molar-refractivity contribution in [3.05, 3.63) is 58.7 Å². The van der Waals surface area contributed by atoms with Gasteiger partial charge < -0.3 is 14.8 Å². The maximum absolute atomic E-state index is 13.1. The summed E-state index contributed by atoms with van der Waals surface area (Å²) < 4.78 is 10.5. The molecule has 0 atom stereocenters. The van der Waals surface area contributed by atoms with Crippen LogP contribution in [0.3, 0.4) is 0 Å². The van der Waals surface area contributed by atoms with Crippen LogP contribution in [0.5, 0.6) is 11.5 Å². The molecule has 1 aliphatic rings. The molecular formula is C21H21ClN2O4. The molecule has 2 aromatic rings. The number of benzene rings is 2. The Kier molecular flexibility index (Phi) is 5.61. The molecule has 3 rings (SSSR count). The van der Waals surface area contributed by atoms with E-state index in [2.05, 4.69) is 5.32 Å². The van der Waals surface area contributed by atoms with Crippen LogP contribution in [-0.2, 0) is 9.59 Å². The lowest BCUT2D eigenvalue weighted by Crippen LogP contribution is -2.38. The van der Waals surface area contributed by atoms with Gasteiger partial charge in [-0.3, -0.25) is 14.5 Å². The van der Waals surface area contributed by atoms with E-state index >= 15 is 0 Å². The highest BCUT2D eigenvalue weighted by molar-refractivity contribution is 6.37. The minimum absolute atomic E-state index is 0.185. The summed E-state index contributed by atoms with van der Waals surface area (Å²) in [6, 6.07) is 11.7. The molecule has 0 bridgehead atoms. The number of nitrogens with one attached hydrogen (secondary N) is 1. The van der Waals surface area contributed by atoms with Gasteiger partial charge in [-0.25, -0.2) is 0 Å². The maximum atomic E-state index is 13.1. The normalized spacial score (nSPS) is 14.1. The van der Waals surface area contributed by atoms with E-state index in [1.807, 2.05) is 0 Å². The van der Waals surface area contributed by atoms with Gasteiger partial charge in [-0.2, -0.15) is 0 Å². The van der Waals surface area contributed by atoms with Crippen LogP contribution in [0.4, 0.5) is 5.69 Å². The first kappa shape index (κ1) is 19.8. The first-order valence-electron chi connectivity index (χ1n) is 8.74. The Balaban J connectivity index is 2.13. The fraction of sp³-hybridized carbons (Fsp3) is 0.238. The van der Waals surface area contributed by atoms with E-state index in [4.69, 9.17) is 21.1 Å². The van der Waals surface area contributed by atoms with Crippen molar-refractivity contribution in [2.45, 2.75) is 19.9 Å². The molecule has 0 saturated heterocycles. The van der Waals surface area contributed by atoms with E-state index in [0.29, 0.717) is 33.3 Å². The van der Waals surface area contributed by atoms with E-state index in [-0.39, 0.29) is 17.6 Å². The third kappa shape index (κ3) is 3.55. The highest BCUT2D eigenvalue weighted by Crippen LogP contribution is 2.35. The zero-order chi connectivity index (χ0) is 20.4.